The Labute approximate surface area is 81.3 Å². The van der Waals surface area contributed by atoms with E-state index in [4.69, 9.17) is 19.4 Å². The highest BCUT2D eigenvalue weighted by molar-refractivity contribution is 6.63. The lowest BCUT2D eigenvalue weighted by Gasteiger charge is -1.93. The number of benzene rings is 1. The molecule has 0 aliphatic carbocycles. The molecule has 2 rings (SSSR count). The van der Waals surface area contributed by atoms with Crippen molar-refractivity contribution in [3.05, 3.63) is 35.0 Å². The van der Waals surface area contributed by atoms with Crippen molar-refractivity contribution in [1.29, 1.82) is 0 Å². The van der Waals surface area contributed by atoms with Crippen LogP contribution < -0.4 is 0 Å². The van der Waals surface area contributed by atoms with E-state index in [1.54, 1.807) is 24.4 Å². The molecule has 0 unspecified atom stereocenters. The van der Waals surface area contributed by atoms with E-state index in [0.29, 0.717) is 10.6 Å². The monoisotopic (exact) mass is 189 g/mol. The van der Waals surface area contributed by atoms with Crippen LogP contribution in [0.25, 0.3) is 10.9 Å². The molecule has 1 N–H and O–H groups in total. The Morgan fingerprint density at radius 2 is 2.23 bits per heavy atom. The number of halogens is 1. The van der Waals surface area contributed by atoms with Crippen LogP contribution in [0.5, 0.6) is 0 Å². The van der Waals surface area contributed by atoms with E-state index in [9.17, 15) is 4.79 Å². The van der Waals surface area contributed by atoms with Crippen molar-refractivity contribution in [2.45, 2.75) is 0 Å². The fraction of sp³-hybridized carbons (Fsp3) is 0. The van der Waals surface area contributed by atoms with Crippen LogP contribution in [-0.2, 0) is 0 Å². The predicted octanol–water partition coefficient (Wildman–Crippen LogP) is 2.13. The van der Waals surface area contributed by atoms with Crippen molar-refractivity contribution < 1.29 is 4.79 Å². The Hall–Kier alpha value is -1.22. The number of carbonyl (C=O) groups excluding carboxylic acids is 1. The molecule has 62 valence electrons. The molecule has 1 aromatic carbocycles. The van der Waals surface area contributed by atoms with Gasteiger partial charge in [0, 0.05) is 27.7 Å². The summed E-state index contributed by atoms with van der Waals surface area (Å²) in [5, 5.41) is 1.43. The normalized spacial score (nSPS) is 10.5. The molecule has 0 atom stereocenters. The third kappa shape index (κ3) is 1.35. The molecule has 0 aliphatic heterocycles. The van der Waals surface area contributed by atoms with E-state index >= 15 is 0 Å². The van der Waals surface area contributed by atoms with Gasteiger partial charge in [0.05, 0.1) is 0 Å². The zero-order valence-corrected chi connectivity index (χ0v) is 7.43. The van der Waals surface area contributed by atoms with Gasteiger partial charge in [-0.15, -0.1) is 0 Å². The Morgan fingerprint density at radius 1 is 1.46 bits per heavy atom. The SMILES string of the molecule is [B]C(=O)c1c[nH]c2cc(Cl)ccc12. The van der Waals surface area contributed by atoms with Gasteiger partial charge in [-0.1, -0.05) is 17.7 Å². The van der Waals surface area contributed by atoms with Gasteiger partial charge in [-0.3, -0.25) is 0 Å². The molecule has 2 aromatic rings. The van der Waals surface area contributed by atoms with Crippen molar-refractivity contribution in [3.8, 4) is 0 Å². The molecule has 0 aliphatic rings. The quantitative estimate of drug-likeness (QED) is 0.685. The third-order valence-electron chi connectivity index (χ3n) is 1.91. The van der Waals surface area contributed by atoms with Crippen LogP contribution in [0.2, 0.25) is 5.02 Å². The highest BCUT2D eigenvalue weighted by atomic mass is 35.5. The first kappa shape index (κ1) is 8.39. The first-order chi connectivity index (χ1) is 6.18. The number of nitrogens with one attached hydrogen (secondary N) is 1. The number of H-pyrrole nitrogens is 1. The lowest BCUT2D eigenvalue weighted by molar-refractivity contribution is 0.108. The van der Waals surface area contributed by atoms with Crippen LogP contribution in [-0.4, -0.2) is 18.5 Å². The van der Waals surface area contributed by atoms with E-state index in [2.05, 4.69) is 4.98 Å². The number of aromatic nitrogens is 1. The summed E-state index contributed by atoms with van der Waals surface area (Å²) in [5.74, 6) is 0. The number of hydrogen-bond donors (Lipinski definition) is 1. The van der Waals surface area contributed by atoms with Gasteiger partial charge in [-0.05, 0) is 12.1 Å². The molecule has 1 aromatic heterocycles. The second kappa shape index (κ2) is 2.93. The van der Waals surface area contributed by atoms with E-state index in [-0.39, 0.29) is 0 Å². The van der Waals surface area contributed by atoms with E-state index in [0.717, 1.165) is 10.9 Å². The number of aromatic amines is 1. The first-order valence-electron chi connectivity index (χ1n) is 3.75. The smallest absolute Gasteiger partial charge is 0.175 e. The van der Waals surface area contributed by atoms with E-state index in [1.807, 2.05) is 0 Å². The maximum atomic E-state index is 10.9. The van der Waals surface area contributed by atoms with E-state index < -0.39 is 5.68 Å². The number of rotatable bonds is 1. The van der Waals surface area contributed by atoms with Crippen molar-refractivity contribution in [2.75, 3.05) is 0 Å². The fourth-order valence-electron chi connectivity index (χ4n) is 1.30. The summed E-state index contributed by atoms with van der Waals surface area (Å²) in [6.45, 7) is 0. The van der Waals surface area contributed by atoms with Gasteiger partial charge in [0.25, 0.3) is 0 Å². The second-order valence-electron chi connectivity index (χ2n) is 2.76. The maximum Gasteiger partial charge on any atom is 0.175 e. The molecule has 13 heavy (non-hydrogen) atoms. The summed E-state index contributed by atoms with van der Waals surface area (Å²) in [4.78, 5) is 13.9. The molecule has 1 heterocycles. The van der Waals surface area contributed by atoms with Crippen molar-refractivity contribution in [2.24, 2.45) is 0 Å². The zero-order valence-electron chi connectivity index (χ0n) is 6.67. The summed E-state index contributed by atoms with van der Waals surface area (Å²) in [6, 6.07) is 5.25. The van der Waals surface area contributed by atoms with Crippen LogP contribution >= 0.6 is 11.6 Å². The van der Waals surface area contributed by atoms with Crippen molar-refractivity contribution in [3.63, 3.8) is 0 Å². The number of carbonyl (C=O) groups is 1. The highest BCUT2D eigenvalue weighted by Gasteiger charge is 2.06. The van der Waals surface area contributed by atoms with Gasteiger partial charge >= 0.3 is 0 Å². The molecule has 0 saturated carbocycles. The fourth-order valence-corrected chi connectivity index (χ4v) is 1.47. The second-order valence-corrected chi connectivity index (χ2v) is 3.19. The van der Waals surface area contributed by atoms with Gasteiger partial charge in [-0.25, -0.2) is 0 Å². The van der Waals surface area contributed by atoms with Crippen LogP contribution in [0.3, 0.4) is 0 Å². The van der Waals surface area contributed by atoms with Gasteiger partial charge in [0.15, 0.2) is 7.85 Å². The molecular weight excluding hydrogens is 184 g/mol. The summed E-state index contributed by atoms with van der Waals surface area (Å²) >= 11 is 5.77. The predicted molar refractivity (Wildman–Crippen MR) is 53.4 cm³/mol. The van der Waals surface area contributed by atoms with Crippen LogP contribution in [0.15, 0.2) is 24.4 Å². The Bertz CT molecular complexity index is 477. The Balaban J connectivity index is 2.76. The first-order valence-corrected chi connectivity index (χ1v) is 4.13. The minimum Gasteiger partial charge on any atom is -0.360 e. The number of fused-ring (bicyclic) bond motifs is 1. The van der Waals surface area contributed by atoms with E-state index in [1.165, 1.54) is 0 Å². The molecule has 2 radical (unpaired) electrons. The molecule has 2 nitrogen and oxygen atoms in total. The summed E-state index contributed by atoms with van der Waals surface area (Å²) in [6.07, 6.45) is 1.59. The van der Waals surface area contributed by atoms with Crippen molar-refractivity contribution >= 4 is 36.0 Å². The topological polar surface area (TPSA) is 32.9 Å². The summed E-state index contributed by atoms with van der Waals surface area (Å²) in [7, 11) is 5.17. The van der Waals surface area contributed by atoms with Crippen molar-refractivity contribution in [1.82, 2.24) is 4.98 Å². The maximum absolute atomic E-state index is 10.9. The molecular formula is C9H5BClNO. The van der Waals surface area contributed by atoms with Gasteiger partial charge in [0.2, 0.25) is 0 Å². The lowest BCUT2D eigenvalue weighted by Crippen LogP contribution is -1.94. The van der Waals surface area contributed by atoms with Gasteiger partial charge < -0.3 is 9.78 Å². The minimum atomic E-state index is -0.437. The molecule has 0 bridgehead atoms. The molecule has 0 amide bonds. The highest BCUT2D eigenvalue weighted by Crippen LogP contribution is 2.21. The van der Waals surface area contributed by atoms with Crippen LogP contribution in [0.1, 0.15) is 10.4 Å². The Kier molecular flexibility index (Phi) is 1.89. The minimum absolute atomic E-state index is 0.437. The Morgan fingerprint density at radius 3 is 2.92 bits per heavy atom. The largest absolute Gasteiger partial charge is 0.360 e. The standard InChI is InChI=1S/C9H5BClNO/c10-9(13)7-4-12-8-3-5(11)1-2-6(7)8/h1-4,12H. The molecule has 4 heteroatoms. The average Bonchev–Trinajstić information content (AvgIpc) is 2.46. The van der Waals surface area contributed by atoms with Gasteiger partial charge in [0.1, 0.15) is 5.68 Å². The molecule has 0 spiro atoms. The lowest BCUT2D eigenvalue weighted by atomic mass is 9.95. The molecule has 0 fully saturated rings. The third-order valence-corrected chi connectivity index (χ3v) is 2.14. The summed E-state index contributed by atoms with van der Waals surface area (Å²) in [5.41, 5.74) is 0.876. The van der Waals surface area contributed by atoms with Gasteiger partial charge in [-0.2, -0.15) is 0 Å². The molecule has 0 saturated heterocycles. The summed E-state index contributed by atoms with van der Waals surface area (Å²) < 4.78 is 0. The average molecular weight is 189 g/mol. The zero-order chi connectivity index (χ0) is 9.42. The number of hydrogen-bond acceptors (Lipinski definition) is 1. The van der Waals surface area contributed by atoms with Crippen LogP contribution in [0.4, 0.5) is 0 Å². The van der Waals surface area contributed by atoms with Crippen LogP contribution in [0, 0.1) is 0 Å².